The van der Waals surface area contributed by atoms with Crippen LogP contribution in [-0.2, 0) is 0 Å². The van der Waals surface area contributed by atoms with Crippen molar-refractivity contribution >= 4 is 22.6 Å². The number of hydrogen-bond donors (Lipinski definition) is 0. The maximum atomic E-state index is 3.97. The van der Waals surface area contributed by atoms with Crippen LogP contribution in [-0.4, -0.2) is 20.4 Å². The topological polar surface area (TPSA) is 51.6 Å². The van der Waals surface area contributed by atoms with Gasteiger partial charge in [0.15, 0.2) is 0 Å². The SMILES string of the molecule is Ic1ccccn1.c1cnnnc1. The molecule has 0 atom stereocenters. The van der Waals surface area contributed by atoms with Crippen molar-refractivity contribution in [3.63, 3.8) is 0 Å². The van der Waals surface area contributed by atoms with E-state index >= 15 is 0 Å². The Bertz CT molecular complexity index is 287. The summed E-state index contributed by atoms with van der Waals surface area (Å²) in [6.07, 6.45) is 4.93. The lowest BCUT2D eigenvalue weighted by molar-refractivity contribution is 0.865. The van der Waals surface area contributed by atoms with Crippen molar-refractivity contribution in [2.75, 3.05) is 0 Å². The Morgan fingerprint density at radius 2 is 1.69 bits per heavy atom. The zero-order valence-corrected chi connectivity index (χ0v) is 8.87. The molecule has 66 valence electrons. The van der Waals surface area contributed by atoms with Crippen LogP contribution in [0.4, 0.5) is 0 Å². The van der Waals surface area contributed by atoms with Gasteiger partial charge in [-0.3, -0.25) is 4.98 Å². The largest absolute Gasteiger partial charge is 0.250 e. The molecule has 2 heterocycles. The third kappa shape index (κ3) is 5.18. The Kier molecular flexibility index (Phi) is 4.92. The highest BCUT2D eigenvalue weighted by atomic mass is 127. The normalized spacial score (nSPS) is 8.38. The summed E-state index contributed by atoms with van der Waals surface area (Å²) < 4.78 is 1.04. The highest BCUT2D eigenvalue weighted by Gasteiger charge is 1.75. The molecule has 0 aliphatic carbocycles. The van der Waals surface area contributed by atoms with Gasteiger partial charge in [-0.25, -0.2) is 0 Å². The monoisotopic (exact) mass is 286 g/mol. The van der Waals surface area contributed by atoms with Crippen LogP contribution in [0.1, 0.15) is 0 Å². The van der Waals surface area contributed by atoms with Crippen molar-refractivity contribution in [1.29, 1.82) is 0 Å². The van der Waals surface area contributed by atoms with E-state index in [1.807, 2.05) is 18.2 Å². The van der Waals surface area contributed by atoms with E-state index in [0.29, 0.717) is 0 Å². The number of hydrogen-bond acceptors (Lipinski definition) is 4. The molecular formula is C8H7IN4. The van der Waals surface area contributed by atoms with E-state index < -0.39 is 0 Å². The fourth-order valence-corrected chi connectivity index (χ4v) is 0.915. The Hall–Kier alpha value is -1.11. The number of nitrogens with zero attached hydrogens (tertiary/aromatic N) is 4. The Morgan fingerprint density at radius 3 is 1.92 bits per heavy atom. The Labute approximate surface area is 89.6 Å². The molecule has 0 saturated heterocycles. The summed E-state index contributed by atoms with van der Waals surface area (Å²) in [5.74, 6) is 0. The van der Waals surface area contributed by atoms with E-state index in [1.54, 1.807) is 24.7 Å². The zero-order chi connectivity index (χ0) is 9.36. The molecule has 0 bridgehead atoms. The number of halogens is 1. The van der Waals surface area contributed by atoms with Crippen molar-refractivity contribution < 1.29 is 0 Å². The average Bonchev–Trinajstić information content (AvgIpc) is 2.22. The molecule has 0 saturated carbocycles. The molecule has 0 fully saturated rings. The van der Waals surface area contributed by atoms with Crippen molar-refractivity contribution in [1.82, 2.24) is 20.4 Å². The average molecular weight is 286 g/mol. The molecule has 0 spiro atoms. The van der Waals surface area contributed by atoms with Gasteiger partial charge in [-0.2, -0.15) is 0 Å². The molecule has 0 unspecified atom stereocenters. The maximum Gasteiger partial charge on any atom is 0.101 e. The number of aromatic nitrogens is 4. The lowest BCUT2D eigenvalue weighted by atomic mass is 10.5. The first-order valence-corrected chi connectivity index (χ1v) is 4.62. The molecule has 0 aliphatic heterocycles. The molecule has 4 nitrogen and oxygen atoms in total. The molecule has 0 radical (unpaired) electrons. The van der Waals surface area contributed by atoms with Gasteiger partial charge >= 0.3 is 0 Å². The smallest absolute Gasteiger partial charge is 0.101 e. The molecule has 2 aromatic heterocycles. The van der Waals surface area contributed by atoms with Crippen LogP contribution in [0.25, 0.3) is 0 Å². The zero-order valence-electron chi connectivity index (χ0n) is 6.71. The fraction of sp³-hybridized carbons (Fsp3) is 0. The van der Waals surface area contributed by atoms with E-state index in [0.717, 1.165) is 3.70 Å². The van der Waals surface area contributed by atoms with E-state index in [1.165, 1.54) is 0 Å². The lowest BCUT2D eigenvalue weighted by Crippen LogP contribution is -1.78. The predicted molar refractivity (Wildman–Crippen MR) is 56.8 cm³/mol. The summed E-state index contributed by atoms with van der Waals surface area (Å²) in [6, 6.07) is 7.55. The standard InChI is InChI=1S/C5H4IN.C3H3N3/c6-5-3-1-2-4-7-5;1-2-4-6-5-3-1/h1-4H;1-3H. The summed E-state index contributed by atoms with van der Waals surface area (Å²) >= 11 is 2.17. The first-order valence-electron chi connectivity index (χ1n) is 3.54. The minimum absolute atomic E-state index is 1.04. The minimum atomic E-state index is 1.04. The van der Waals surface area contributed by atoms with Gasteiger partial charge in [-0.1, -0.05) is 6.07 Å². The van der Waals surface area contributed by atoms with Crippen molar-refractivity contribution in [2.24, 2.45) is 0 Å². The third-order valence-electron chi connectivity index (χ3n) is 1.04. The minimum Gasteiger partial charge on any atom is -0.250 e. The van der Waals surface area contributed by atoms with E-state index in [2.05, 4.69) is 43.0 Å². The number of rotatable bonds is 0. The van der Waals surface area contributed by atoms with Gasteiger partial charge in [0.05, 0.1) is 12.4 Å². The third-order valence-corrected chi connectivity index (χ3v) is 1.68. The van der Waals surface area contributed by atoms with E-state index in [9.17, 15) is 0 Å². The quantitative estimate of drug-likeness (QED) is 0.545. The number of pyridine rings is 1. The summed E-state index contributed by atoms with van der Waals surface area (Å²) in [5, 5.41) is 10.1. The second-order valence-electron chi connectivity index (χ2n) is 1.96. The fourth-order valence-electron chi connectivity index (χ4n) is 0.547. The predicted octanol–water partition coefficient (Wildman–Crippen LogP) is 1.56. The van der Waals surface area contributed by atoms with Crippen LogP contribution < -0.4 is 0 Å². The van der Waals surface area contributed by atoms with Crippen LogP contribution in [0, 0.1) is 3.70 Å². The first kappa shape index (κ1) is 9.97. The van der Waals surface area contributed by atoms with Gasteiger partial charge in [0, 0.05) is 6.20 Å². The maximum absolute atomic E-state index is 3.97. The van der Waals surface area contributed by atoms with Crippen molar-refractivity contribution in [2.45, 2.75) is 0 Å². The van der Waals surface area contributed by atoms with Gasteiger partial charge in [0.1, 0.15) is 3.70 Å². The second kappa shape index (κ2) is 6.41. The summed E-state index contributed by atoms with van der Waals surface area (Å²) in [5.41, 5.74) is 0. The highest BCUT2D eigenvalue weighted by Crippen LogP contribution is 1.94. The molecule has 0 N–H and O–H groups in total. The van der Waals surface area contributed by atoms with Gasteiger partial charge in [0.2, 0.25) is 0 Å². The molecule has 0 amide bonds. The molecule has 2 rings (SSSR count). The van der Waals surface area contributed by atoms with Gasteiger partial charge < -0.3 is 0 Å². The molecule has 13 heavy (non-hydrogen) atoms. The Morgan fingerprint density at radius 1 is 0.923 bits per heavy atom. The summed E-state index contributed by atoms with van der Waals surface area (Å²) in [7, 11) is 0. The van der Waals surface area contributed by atoms with Crippen LogP contribution in [0.15, 0.2) is 42.9 Å². The Balaban J connectivity index is 0.000000132. The summed E-state index contributed by atoms with van der Waals surface area (Å²) in [4.78, 5) is 3.97. The summed E-state index contributed by atoms with van der Waals surface area (Å²) in [6.45, 7) is 0. The second-order valence-corrected chi connectivity index (χ2v) is 3.07. The molecule has 0 aliphatic rings. The highest BCUT2D eigenvalue weighted by molar-refractivity contribution is 14.1. The molecule has 5 heteroatoms. The van der Waals surface area contributed by atoms with E-state index in [4.69, 9.17) is 0 Å². The van der Waals surface area contributed by atoms with E-state index in [-0.39, 0.29) is 0 Å². The van der Waals surface area contributed by atoms with Crippen molar-refractivity contribution in [3.05, 3.63) is 46.6 Å². The van der Waals surface area contributed by atoms with Crippen LogP contribution in [0.3, 0.4) is 0 Å². The lowest BCUT2D eigenvalue weighted by Gasteiger charge is -1.80. The first-order chi connectivity index (χ1) is 6.39. The van der Waals surface area contributed by atoms with Crippen LogP contribution >= 0.6 is 22.6 Å². The van der Waals surface area contributed by atoms with Crippen LogP contribution in [0.2, 0.25) is 0 Å². The van der Waals surface area contributed by atoms with Gasteiger partial charge in [0.25, 0.3) is 0 Å². The van der Waals surface area contributed by atoms with Crippen molar-refractivity contribution in [3.8, 4) is 0 Å². The van der Waals surface area contributed by atoms with Gasteiger partial charge in [-0.15, -0.1) is 10.2 Å². The molecular weight excluding hydrogens is 279 g/mol. The molecule has 0 aromatic carbocycles. The van der Waals surface area contributed by atoms with Crippen LogP contribution in [0.5, 0.6) is 0 Å². The van der Waals surface area contributed by atoms with Gasteiger partial charge in [-0.05, 0) is 46.0 Å². The molecule has 2 aromatic rings.